The van der Waals surface area contributed by atoms with Gasteiger partial charge in [0.2, 0.25) is 10.0 Å². The molecule has 146 valence electrons. The van der Waals surface area contributed by atoms with Crippen LogP contribution in [0.1, 0.15) is 44.2 Å². The predicted octanol–water partition coefficient (Wildman–Crippen LogP) is 3.83. The van der Waals surface area contributed by atoms with Gasteiger partial charge < -0.3 is 10.1 Å². The summed E-state index contributed by atoms with van der Waals surface area (Å²) in [5.41, 5.74) is 1.13. The van der Waals surface area contributed by atoms with Crippen molar-refractivity contribution >= 4 is 15.8 Å². The molecule has 1 saturated heterocycles. The molecule has 2 heterocycles. The molecule has 27 heavy (non-hydrogen) atoms. The smallest absolute Gasteiger partial charge is 0.244 e. The Bertz CT molecular complexity index is 830. The van der Waals surface area contributed by atoms with Gasteiger partial charge in [-0.05, 0) is 49.1 Å². The molecular formula is C20H27N3O3S. The SMILES string of the molecule is CCC(Nc1ccc(S(=O)(=O)N2CCCCC2)cn1)c1ccc(OC)cc1. The van der Waals surface area contributed by atoms with E-state index in [0.717, 1.165) is 37.0 Å². The number of rotatable bonds is 7. The maximum Gasteiger partial charge on any atom is 0.244 e. The summed E-state index contributed by atoms with van der Waals surface area (Å²) in [6.45, 7) is 3.28. The molecule has 2 aromatic rings. The third-order valence-corrected chi connectivity index (χ3v) is 6.82. The standard InChI is InChI=1S/C20H27N3O3S/c1-3-19(16-7-9-17(26-2)10-8-16)22-20-12-11-18(15-21-20)27(24,25)23-13-5-4-6-14-23/h7-12,15,19H,3-6,13-14H2,1-2H3,(H,21,22). The lowest BCUT2D eigenvalue weighted by molar-refractivity contribution is 0.346. The van der Waals surface area contributed by atoms with Crippen molar-refractivity contribution in [3.63, 3.8) is 0 Å². The maximum absolute atomic E-state index is 12.7. The van der Waals surface area contributed by atoms with Gasteiger partial charge in [0.25, 0.3) is 0 Å². The normalized spacial score (nSPS) is 16.7. The van der Waals surface area contributed by atoms with Gasteiger partial charge in [-0.1, -0.05) is 25.5 Å². The van der Waals surface area contributed by atoms with Crippen LogP contribution in [0.25, 0.3) is 0 Å². The van der Waals surface area contributed by atoms with Gasteiger partial charge in [-0.2, -0.15) is 4.31 Å². The fraction of sp³-hybridized carbons (Fsp3) is 0.450. The minimum absolute atomic E-state index is 0.0907. The zero-order chi connectivity index (χ0) is 19.3. The molecule has 3 rings (SSSR count). The number of methoxy groups -OCH3 is 1. The van der Waals surface area contributed by atoms with Crippen molar-refractivity contribution in [1.29, 1.82) is 0 Å². The highest BCUT2D eigenvalue weighted by atomic mass is 32.2. The van der Waals surface area contributed by atoms with Crippen LogP contribution in [0.15, 0.2) is 47.5 Å². The number of aromatic nitrogens is 1. The van der Waals surface area contributed by atoms with Crippen molar-refractivity contribution in [2.75, 3.05) is 25.5 Å². The van der Waals surface area contributed by atoms with Gasteiger partial charge in [0.1, 0.15) is 16.5 Å². The second-order valence-electron chi connectivity index (χ2n) is 6.72. The maximum atomic E-state index is 12.7. The molecule has 0 saturated carbocycles. The van der Waals surface area contributed by atoms with E-state index in [0.29, 0.717) is 18.9 Å². The van der Waals surface area contributed by atoms with Crippen molar-refractivity contribution in [2.24, 2.45) is 0 Å². The summed E-state index contributed by atoms with van der Waals surface area (Å²) in [6.07, 6.45) is 5.27. The second-order valence-corrected chi connectivity index (χ2v) is 8.66. The van der Waals surface area contributed by atoms with E-state index in [4.69, 9.17) is 4.74 Å². The molecule has 1 aromatic heterocycles. The number of benzene rings is 1. The number of hydrogen-bond acceptors (Lipinski definition) is 5. The molecular weight excluding hydrogens is 362 g/mol. The van der Waals surface area contributed by atoms with E-state index in [1.165, 1.54) is 6.20 Å². The van der Waals surface area contributed by atoms with E-state index in [1.807, 2.05) is 24.3 Å². The highest BCUT2D eigenvalue weighted by Gasteiger charge is 2.26. The summed E-state index contributed by atoms with van der Waals surface area (Å²) in [7, 11) is -1.80. The van der Waals surface area contributed by atoms with E-state index < -0.39 is 10.0 Å². The van der Waals surface area contributed by atoms with Crippen LogP contribution in [0.5, 0.6) is 5.75 Å². The summed E-state index contributed by atoms with van der Waals surface area (Å²) in [5, 5.41) is 3.38. The average molecular weight is 390 g/mol. The topological polar surface area (TPSA) is 71.5 Å². The van der Waals surface area contributed by atoms with E-state index in [9.17, 15) is 8.42 Å². The first-order valence-electron chi connectivity index (χ1n) is 9.41. The van der Waals surface area contributed by atoms with Crippen LogP contribution in [0.3, 0.4) is 0 Å². The first kappa shape index (κ1) is 19.6. The number of nitrogens with one attached hydrogen (secondary N) is 1. The molecule has 0 amide bonds. The number of ether oxygens (including phenoxy) is 1. The minimum Gasteiger partial charge on any atom is -0.497 e. The van der Waals surface area contributed by atoms with Gasteiger partial charge in [-0.3, -0.25) is 0 Å². The Hall–Kier alpha value is -2.12. The molecule has 1 atom stereocenters. The second kappa shape index (κ2) is 8.71. The Morgan fingerprint density at radius 1 is 1.11 bits per heavy atom. The van der Waals surface area contributed by atoms with Crippen molar-refractivity contribution in [3.05, 3.63) is 48.2 Å². The van der Waals surface area contributed by atoms with Gasteiger partial charge in [0, 0.05) is 19.3 Å². The van der Waals surface area contributed by atoms with Crippen LogP contribution >= 0.6 is 0 Å². The third kappa shape index (κ3) is 4.59. The molecule has 1 aliphatic heterocycles. The molecule has 6 nitrogen and oxygen atoms in total. The Morgan fingerprint density at radius 2 is 1.81 bits per heavy atom. The lowest BCUT2D eigenvalue weighted by Crippen LogP contribution is -2.35. The molecule has 1 aromatic carbocycles. The fourth-order valence-electron chi connectivity index (χ4n) is 3.31. The third-order valence-electron chi connectivity index (χ3n) is 4.94. The van der Waals surface area contributed by atoms with Gasteiger partial charge in [0.15, 0.2) is 0 Å². The first-order valence-corrected chi connectivity index (χ1v) is 10.9. The highest BCUT2D eigenvalue weighted by Crippen LogP contribution is 2.25. The summed E-state index contributed by atoms with van der Waals surface area (Å²) in [4.78, 5) is 4.60. The molecule has 7 heteroatoms. The minimum atomic E-state index is -3.44. The molecule has 0 radical (unpaired) electrons. The quantitative estimate of drug-likeness (QED) is 0.779. The van der Waals surface area contributed by atoms with E-state index >= 15 is 0 Å². The molecule has 0 bridgehead atoms. The van der Waals surface area contributed by atoms with Crippen LogP contribution in [0.2, 0.25) is 0 Å². The molecule has 1 aliphatic rings. The summed E-state index contributed by atoms with van der Waals surface area (Å²) in [5.74, 6) is 1.48. The lowest BCUT2D eigenvalue weighted by atomic mass is 10.0. The van der Waals surface area contributed by atoms with Gasteiger partial charge in [-0.25, -0.2) is 13.4 Å². The summed E-state index contributed by atoms with van der Waals surface area (Å²) in [6, 6.07) is 11.4. The van der Waals surface area contributed by atoms with Crippen molar-refractivity contribution in [1.82, 2.24) is 9.29 Å². The van der Waals surface area contributed by atoms with Crippen LogP contribution < -0.4 is 10.1 Å². The van der Waals surface area contributed by atoms with Gasteiger partial charge in [-0.15, -0.1) is 0 Å². The van der Waals surface area contributed by atoms with E-state index in [1.54, 1.807) is 23.5 Å². The van der Waals surface area contributed by atoms with Crippen molar-refractivity contribution in [3.8, 4) is 5.75 Å². The predicted molar refractivity (Wildman–Crippen MR) is 106 cm³/mol. The molecule has 1 unspecified atom stereocenters. The molecule has 0 spiro atoms. The van der Waals surface area contributed by atoms with E-state index in [-0.39, 0.29) is 10.9 Å². The number of anilines is 1. The highest BCUT2D eigenvalue weighted by molar-refractivity contribution is 7.89. The summed E-state index contributed by atoms with van der Waals surface area (Å²) < 4.78 is 32.2. The van der Waals surface area contributed by atoms with Gasteiger partial charge >= 0.3 is 0 Å². The van der Waals surface area contributed by atoms with Gasteiger partial charge in [0.05, 0.1) is 13.2 Å². The lowest BCUT2D eigenvalue weighted by Gasteiger charge is -2.25. The van der Waals surface area contributed by atoms with Crippen LogP contribution in [-0.4, -0.2) is 37.9 Å². The van der Waals surface area contributed by atoms with Crippen molar-refractivity contribution in [2.45, 2.75) is 43.5 Å². The van der Waals surface area contributed by atoms with Crippen LogP contribution in [-0.2, 0) is 10.0 Å². The Morgan fingerprint density at radius 3 is 2.37 bits per heavy atom. The first-order chi connectivity index (χ1) is 13.0. The van der Waals surface area contributed by atoms with Crippen LogP contribution in [0.4, 0.5) is 5.82 Å². The Kier molecular flexibility index (Phi) is 6.34. The van der Waals surface area contributed by atoms with Crippen molar-refractivity contribution < 1.29 is 13.2 Å². The number of hydrogen-bond donors (Lipinski definition) is 1. The molecule has 1 N–H and O–H groups in total. The average Bonchev–Trinajstić information content (AvgIpc) is 2.73. The molecule has 1 fully saturated rings. The number of sulfonamides is 1. The zero-order valence-corrected chi connectivity index (χ0v) is 16.7. The Balaban J connectivity index is 1.72. The zero-order valence-electron chi connectivity index (χ0n) is 15.9. The fourth-order valence-corrected chi connectivity index (χ4v) is 4.77. The largest absolute Gasteiger partial charge is 0.497 e. The monoisotopic (exact) mass is 389 g/mol. The Labute approximate surface area is 161 Å². The molecule has 0 aliphatic carbocycles. The van der Waals surface area contributed by atoms with E-state index in [2.05, 4.69) is 17.2 Å². The van der Waals surface area contributed by atoms with Crippen LogP contribution in [0, 0.1) is 0 Å². The number of nitrogens with zero attached hydrogens (tertiary/aromatic N) is 2. The number of piperidine rings is 1. The summed E-state index contributed by atoms with van der Waals surface area (Å²) >= 11 is 0. The number of pyridine rings is 1.